The zero-order chi connectivity index (χ0) is 25.9. The summed E-state index contributed by atoms with van der Waals surface area (Å²) in [6.45, 7) is 7.53. The summed E-state index contributed by atoms with van der Waals surface area (Å²) in [5, 5.41) is 13.5. The third-order valence-corrected chi connectivity index (χ3v) is 9.68. The van der Waals surface area contributed by atoms with Crippen LogP contribution in [0.15, 0.2) is 83.8 Å². The maximum Gasteiger partial charge on any atom is 0.205 e. The molecule has 180 valence electrons. The van der Waals surface area contributed by atoms with Crippen LogP contribution in [0.25, 0.3) is 60.2 Å². The van der Waals surface area contributed by atoms with E-state index in [0.717, 1.165) is 51.4 Å². The number of nitriles is 1. The van der Waals surface area contributed by atoms with Crippen LogP contribution in [0.2, 0.25) is 0 Å². The quantitative estimate of drug-likeness (QED) is 0.150. The fourth-order valence-corrected chi connectivity index (χ4v) is 7.13. The van der Waals surface area contributed by atoms with Crippen molar-refractivity contribution in [1.82, 2.24) is 9.97 Å². The second-order valence-electron chi connectivity index (χ2n) is 8.16. The summed E-state index contributed by atoms with van der Waals surface area (Å²) < 4.78 is 0. The zero-order valence-corrected chi connectivity index (χ0v) is 22.9. The largest absolute Gasteiger partial charge is 0.254 e. The number of pyridine rings is 2. The number of rotatable bonds is 6. The average Bonchev–Trinajstić information content (AvgIpc) is 3.77. The molecule has 0 N–H and O–H groups in total. The minimum absolute atomic E-state index is 0.654. The van der Waals surface area contributed by atoms with E-state index in [0.29, 0.717) is 11.3 Å². The molecule has 0 aliphatic rings. The van der Waals surface area contributed by atoms with Gasteiger partial charge in [0, 0.05) is 52.8 Å². The highest BCUT2D eigenvalue weighted by atomic mass is 32.1. The average molecular weight is 561 g/mol. The van der Waals surface area contributed by atoms with Crippen molar-refractivity contribution in [1.29, 1.82) is 5.26 Å². The Bertz CT molecular complexity index is 1750. The lowest BCUT2D eigenvalue weighted by atomic mass is 10.1. The van der Waals surface area contributed by atoms with Gasteiger partial charge in [-0.05, 0) is 65.4 Å². The predicted octanol–water partition coefficient (Wildman–Crippen LogP) is 9.69. The van der Waals surface area contributed by atoms with Crippen molar-refractivity contribution in [2.75, 3.05) is 0 Å². The van der Waals surface area contributed by atoms with Crippen molar-refractivity contribution in [2.45, 2.75) is 0 Å². The van der Waals surface area contributed by atoms with Gasteiger partial charge in [-0.2, -0.15) is 16.6 Å². The highest BCUT2D eigenvalue weighted by molar-refractivity contribution is 7.17. The standard InChI is InChI=1S/C30H16N4S4/c1-32-26(30-5-3-11-36-30)15-23-7-9-29(38-23)21-14-25-24(34-18-21)13-20(17-33-25)28-8-6-22(37-28)12-19(16-31)27-4-2-10-35-27/h2-15,17-18H/b19-12+,26-15-. The van der Waals surface area contributed by atoms with Gasteiger partial charge in [0.1, 0.15) is 6.07 Å². The van der Waals surface area contributed by atoms with Crippen LogP contribution in [0.3, 0.4) is 0 Å². The Morgan fingerprint density at radius 1 is 0.789 bits per heavy atom. The van der Waals surface area contributed by atoms with E-state index in [2.05, 4.69) is 35.2 Å². The Morgan fingerprint density at radius 2 is 1.37 bits per heavy atom. The molecule has 6 rings (SSSR count). The van der Waals surface area contributed by atoms with E-state index in [4.69, 9.17) is 16.5 Å². The number of thiophene rings is 4. The molecule has 6 heterocycles. The number of aromatic nitrogens is 2. The van der Waals surface area contributed by atoms with Crippen LogP contribution in [-0.4, -0.2) is 9.97 Å². The van der Waals surface area contributed by atoms with Gasteiger partial charge in [0.05, 0.1) is 23.2 Å². The van der Waals surface area contributed by atoms with Crippen molar-refractivity contribution < 1.29 is 0 Å². The molecule has 0 aliphatic heterocycles. The highest BCUT2D eigenvalue weighted by Gasteiger charge is 2.10. The third kappa shape index (κ3) is 4.99. The molecule has 6 aromatic heterocycles. The second kappa shape index (κ2) is 10.7. The number of allylic oxidation sites excluding steroid dienone is 1. The van der Waals surface area contributed by atoms with Gasteiger partial charge >= 0.3 is 0 Å². The molecule has 0 aliphatic carbocycles. The molecule has 0 bridgehead atoms. The molecule has 4 nitrogen and oxygen atoms in total. The first-order valence-corrected chi connectivity index (χ1v) is 14.8. The summed E-state index contributed by atoms with van der Waals surface area (Å²) in [5.41, 5.74) is 4.99. The van der Waals surface area contributed by atoms with E-state index >= 15 is 0 Å². The third-order valence-electron chi connectivity index (χ3n) is 5.72. The van der Waals surface area contributed by atoms with Crippen LogP contribution in [0.4, 0.5) is 0 Å². The van der Waals surface area contributed by atoms with Crippen LogP contribution >= 0.6 is 45.3 Å². The summed E-state index contributed by atoms with van der Waals surface area (Å²) >= 11 is 6.40. The molecule has 0 radical (unpaired) electrons. The fraction of sp³-hybridized carbons (Fsp3) is 0. The van der Waals surface area contributed by atoms with E-state index in [1.54, 1.807) is 45.3 Å². The Kier molecular flexibility index (Phi) is 6.78. The molecule has 0 saturated carbocycles. The molecule has 6 aromatic rings. The topological polar surface area (TPSA) is 53.9 Å². The number of hydrogen-bond donors (Lipinski definition) is 0. The molecule has 0 spiro atoms. The van der Waals surface area contributed by atoms with Gasteiger partial charge in [-0.15, -0.1) is 34.0 Å². The highest BCUT2D eigenvalue weighted by Crippen LogP contribution is 2.35. The Hall–Kier alpha value is -4.18. The van der Waals surface area contributed by atoms with Crippen LogP contribution in [0, 0.1) is 17.9 Å². The van der Waals surface area contributed by atoms with Crippen molar-refractivity contribution in [3.05, 3.63) is 115 Å². The lowest BCUT2D eigenvalue weighted by Crippen LogP contribution is -1.86. The van der Waals surface area contributed by atoms with Crippen molar-refractivity contribution in [3.8, 4) is 27.0 Å². The monoisotopic (exact) mass is 560 g/mol. The summed E-state index contributed by atoms with van der Waals surface area (Å²) in [6, 6.07) is 22.5. The lowest BCUT2D eigenvalue weighted by Gasteiger charge is -2.03. The maximum absolute atomic E-state index is 9.56. The minimum Gasteiger partial charge on any atom is -0.254 e. The molecule has 0 unspecified atom stereocenters. The van der Waals surface area contributed by atoms with E-state index < -0.39 is 0 Å². The van der Waals surface area contributed by atoms with Crippen molar-refractivity contribution in [2.24, 2.45) is 0 Å². The Morgan fingerprint density at radius 3 is 1.89 bits per heavy atom. The van der Waals surface area contributed by atoms with Crippen LogP contribution in [0.5, 0.6) is 0 Å². The number of nitrogens with zero attached hydrogens (tertiary/aromatic N) is 4. The van der Waals surface area contributed by atoms with Crippen LogP contribution in [-0.2, 0) is 0 Å². The number of fused-ring (bicyclic) bond motifs is 1. The van der Waals surface area contributed by atoms with Crippen molar-refractivity contribution >= 4 is 79.8 Å². The Balaban J connectivity index is 1.25. The van der Waals surface area contributed by atoms with Crippen molar-refractivity contribution in [3.63, 3.8) is 0 Å². The first-order chi connectivity index (χ1) is 18.7. The molecule has 8 heteroatoms. The molecule has 0 fully saturated rings. The molecule has 0 atom stereocenters. The van der Waals surface area contributed by atoms with E-state index in [1.165, 1.54) is 0 Å². The lowest BCUT2D eigenvalue weighted by molar-refractivity contribution is 1.34. The Labute approximate surface area is 235 Å². The molecular weight excluding hydrogens is 545 g/mol. The van der Waals surface area contributed by atoms with E-state index in [9.17, 15) is 5.26 Å². The van der Waals surface area contributed by atoms with Gasteiger partial charge in [-0.1, -0.05) is 18.2 Å². The van der Waals surface area contributed by atoms with E-state index in [-0.39, 0.29) is 0 Å². The van der Waals surface area contributed by atoms with Crippen LogP contribution in [0.1, 0.15) is 19.5 Å². The van der Waals surface area contributed by atoms with Crippen LogP contribution < -0.4 is 0 Å². The summed E-state index contributed by atoms with van der Waals surface area (Å²) in [7, 11) is 0. The summed E-state index contributed by atoms with van der Waals surface area (Å²) in [6.07, 6.45) is 7.63. The molecule has 0 amide bonds. The smallest absolute Gasteiger partial charge is 0.205 e. The van der Waals surface area contributed by atoms with Gasteiger partial charge < -0.3 is 0 Å². The van der Waals surface area contributed by atoms with E-state index in [1.807, 2.05) is 71.7 Å². The fourth-order valence-electron chi connectivity index (χ4n) is 3.89. The molecule has 38 heavy (non-hydrogen) atoms. The van der Waals surface area contributed by atoms with Gasteiger partial charge in [0.25, 0.3) is 0 Å². The van der Waals surface area contributed by atoms with Gasteiger partial charge in [0.2, 0.25) is 5.70 Å². The minimum atomic E-state index is 0.654. The maximum atomic E-state index is 9.56. The second-order valence-corrected chi connectivity index (χ2v) is 12.3. The first kappa shape index (κ1) is 24.2. The van der Waals surface area contributed by atoms with Gasteiger partial charge in [0.15, 0.2) is 0 Å². The summed E-state index contributed by atoms with van der Waals surface area (Å²) in [4.78, 5) is 19.3. The summed E-state index contributed by atoms with van der Waals surface area (Å²) in [5.74, 6) is 0. The predicted molar refractivity (Wildman–Crippen MR) is 163 cm³/mol. The molecule has 0 aromatic carbocycles. The normalized spacial score (nSPS) is 11.9. The van der Waals surface area contributed by atoms with Gasteiger partial charge in [-0.3, -0.25) is 9.97 Å². The molecule has 0 saturated heterocycles. The SMILES string of the molecule is [C-]#[N+]/C(=C\c1ccc(-c2cnc3cc(-c4ccc(/C=C(\C#N)c5cccs5)s4)cnc3c2)s1)c1cccs1. The number of hydrogen-bond acceptors (Lipinski definition) is 7. The molecular formula is C30H16N4S4. The zero-order valence-electron chi connectivity index (χ0n) is 19.7. The van der Waals surface area contributed by atoms with Gasteiger partial charge in [-0.25, -0.2) is 4.85 Å². The first-order valence-electron chi connectivity index (χ1n) is 11.4.